The molecule has 0 unspecified atom stereocenters. The number of nitrogens with two attached hydrogens (primary N) is 1. The van der Waals surface area contributed by atoms with Crippen molar-refractivity contribution >= 4 is 11.7 Å². The lowest BCUT2D eigenvalue weighted by molar-refractivity contribution is 0.0520. The molecule has 1 aromatic carbocycles. The molecule has 0 saturated carbocycles. The van der Waals surface area contributed by atoms with Crippen molar-refractivity contribution in [3.05, 3.63) is 36.0 Å². The van der Waals surface area contributed by atoms with E-state index in [0.29, 0.717) is 24.5 Å². The fourth-order valence-electron chi connectivity index (χ4n) is 2.99. The van der Waals surface area contributed by atoms with E-state index in [0.717, 1.165) is 11.1 Å². The van der Waals surface area contributed by atoms with Crippen LogP contribution in [0, 0.1) is 0 Å². The van der Waals surface area contributed by atoms with Crippen LogP contribution in [0.4, 0.5) is 5.82 Å². The van der Waals surface area contributed by atoms with Crippen LogP contribution in [0.25, 0.3) is 11.1 Å². The number of aliphatic hydroxyl groups is 1. The van der Waals surface area contributed by atoms with E-state index in [1.807, 2.05) is 19.1 Å². The number of aliphatic hydroxyl groups excluding tert-OH is 1. The second kappa shape index (κ2) is 6.62. The molecule has 0 bridgehead atoms. The zero-order valence-electron chi connectivity index (χ0n) is 13.8. The average Bonchev–Trinajstić information content (AvgIpc) is 3.15. The molecule has 1 saturated heterocycles. The summed E-state index contributed by atoms with van der Waals surface area (Å²) in [6, 6.07) is 6.96. The third-order valence-corrected chi connectivity index (χ3v) is 4.45. The monoisotopic (exact) mass is 330 g/mol. The van der Waals surface area contributed by atoms with E-state index in [2.05, 4.69) is 5.10 Å². The maximum atomic E-state index is 12.7. The number of aromatic nitrogens is 2. The normalized spacial score (nSPS) is 20.3. The Morgan fingerprint density at radius 1 is 1.42 bits per heavy atom. The fraction of sp³-hybridized carbons (Fsp3) is 0.412. The smallest absolute Gasteiger partial charge is 0.254 e. The molecule has 24 heavy (non-hydrogen) atoms. The number of benzene rings is 1. The number of nitrogens with zero attached hydrogens (tertiary/aromatic N) is 3. The van der Waals surface area contributed by atoms with Gasteiger partial charge in [0.15, 0.2) is 0 Å². The van der Waals surface area contributed by atoms with Gasteiger partial charge in [-0.15, -0.1) is 0 Å². The molecule has 0 aliphatic carbocycles. The van der Waals surface area contributed by atoms with Crippen LogP contribution in [-0.4, -0.2) is 57.6 Å². The van der Waals surface area contributed by atoms with E-state index in [1.54, 1.807) is 35.0 Å². The minimum atomic E-state index is -0.636. The van der Waals surface area contributed by atoms with Crippen molar-refractivity contribution in [3.63, 3.8) is 0 Å². The van der Waals surface area contributed by atoms with Crippen LogP contribution in [0.15, 0.2) is 30.5 Å². The standard InChI is InChI=1S/C17H22N4O3/c1-3-21(14-9-24-10-15(14)22)17(23)12-6-4-11(5-7-12)13-8-19-20(2)16(13)18/h4-8,14-15,22H,3,9-10,18H2,1-2H3/t14-,15-/m0/s1. The highest BCUT2D eigenvalue weighted by atomic mass is 16.5. The molecule has 1 aliphatic rings. The van der Waals surface area contributed by atoms with Gasteiger partial charge in [-0.2, -0.15) is 5.10 Å². The third kappa shape index (κ3) is 2.88. The molecule has 128 valence electrons. The van der Waals surface area contributed by atoms with E-state index in [9.17, 15) is 9.90 Å². The first kappa shape index (κ1) is 16.5. The molecule has 1 fully saturated rings. The van der Waals surface area contributed by atoms with E-state index < -0.39 is 6.10 Å². The Balaban J connectivity index is 1.82. The summed E-state index contributed by atoms with van der Waals surface area (Å²) in [6.45, 7) is 3.05. The van der Waals surface area contributed by atoms with Gasteiger partial charge in [0.25, 0.3) is 5.91 Å². The number of anilines is 1. The molecular formula is C17H22N4O3. The molecule has 2 atom stereocenters. The van der Waals surface area contributed by atoms with Gasteiger partial charge in [0, 0.05) is 24.7 Å². The number of rotatable bonds is 4. The van der Waals surface area contributed by atoms with Gasteiger partial charge in [-0.1, -0.05) is 12.1 Å². The minimum Gasteiger partial charge on any atom is -0.388 e. The minimum absolute atomic E-state index is 0.113. The predicted molar refractivity (Wildman–Crippen MR) is 90.4 cm³/mol. The second-order valence-corrected chi connectivity index (χ2v) is 5.91. The van der Waals surface area contributed by atoms with Gasteiger partial charge in [-0.25, -0.2) is 0 Å². The first-order chi connectivity index (χ1) is 11.5. The SMILES string of the molecule is CCN(C(=O)c1ccc(-c2cnn(C)c2N)cc1)[C@H]1COC[C@@H]1O. The molecule has 0 spiro atoms. The van der Waals surface area contributed by atoms with Crippen molar-refractivity contribution in [3.8, 4) is 11.1 Å². The highest BCUT2D eigenvalue weighted by Crippen LogP contribution is 2.26. The van der Waals surface area contributed by atoms with Crippen LogP contribution in [0.5, 0.6) is 0 Å². The van der Waals surface area contributed by atoms with Crippen LogP contribution in [-0.2, 0) is 11.8 Å². The van der Waals surface area contributed by atoms with Crippen LogP contribution < -0.4 is 5.73 Å². The second-order valence-electron chi connectivity index (χ2n) is 5.91. The first-order valence-corrected chi connectivity index (χ1v) is 7.97. The molecule has 1 amide bonds. The zero-order valence-corrected chi connectivity index (χ0v) is 13.8. The van der Waals surface area contributed by atoms with E-state index >= 15 is 0 Å². The number of hydrogen-bond acceptors (Lipinski definition) is 5. The first-order valence-electron chi connectivity index (χ1n) is 7.97. The lowest BCUT2D eigenvalue weighted by Crippen LogP contribution is -2.46. The Morgan fingerprint density at radius 2 is 2.12 bits per heavy atom. The summed E-state index contributed by atoms with van der Waals surface area (Å²) in [7, 11) is 1.78. The van der Waals surface area contributed by atoms with Gasteiger partial charge in [-0.05, 0) is 24.6 Å². The number of amides is 1. The van der Waals surface area contributed by atoms with Crippen LogP contribution >= 0.6 is 0 Å². The lowest BCUT2D eigenvalue weighted by Gasteiger charge is -2.28. The van der Waals surface area contributed by atoms with Crippen LogP contribution in [0.1, 0.15) is 17.3 Å². The average molecular weight is 330 g/mol. The summed E-state index contributed by atoms with van der Waals surface area (Å²) in [5, 5.41) is 14.1. The number of ether oxygens (including phenoxy) is 1. The summed E-state index contributed by atoms with van der Waals surface area (Å²) in [5.74, 6) is 0.466. The maximum Gasteiger partial charge on any atom is 0.254 e. The Hall–Kier alpha value is -2.38. The largest absolute Gasteiger partial charge is 0.388 e. The van der Waals surface area contributed by atoms with Gasteiger partial charge in [-0.3, -0.25) is 9.48 Å². The Morgan fingerprint density at radius 3 is 2.62 bits per heavy atom. The van der Waals surface area contributed by atoms with Crippen LogP contribution in [0.2, 0.25) is 0 Å². The Bertz CT molecular complexity index is 726. The summed E-state index contributed by atoms with van der Waals surface area (Å²) in [6.07, 6.45) is 1.07. The molecular weight excluding hydrogens is 308 g/mol. The third-order valence-electron chi connectivity index (χ3n) is 4.45. The number of likely N-dealkylation sites (N-methyl/N-ethyl adjacent to an activating group) is 1. The number of carbonyl (C=O) groups is 1. The van der Waals surface area contributed by atoms with Gasteiger partial charge in [0.2, 0.25) is 0 Å². The summed E-state index contributed by atoms with van der Waals surface area (Å²) < 4.78 is 6.87. The molecule has 3 N–H and O–H groups in total. The van der Waals surface area contributed by atoms with Gasteiger partial charge < -0.3 is 20.5 Å². The van der Waals surface area contributed by atoms with Crippen molar-refractivity contribution in [1.82, 2.24) is 14.7 Å². The summed E-state index contributed by atoms with van der Waals surface area (Å²) in [4.78, 5) is 14.4. The number of nitrogen functional groups attached to an aromatic ring is 1. The highest BCUT2D eigenvalue weighted by molar-refractivity contribution is 5.95. The quantitative estimate of drug-likeness (QED) is 0.868. The van der Waals surface area contributed by atoms with Crippen molar-refractivity contribution in [2.24, 2.45) is 7.05 Å². The van der Waals surface area contributed by atoms with Crippen molar-refractivity contribution in [2.45, 2.75) is 19.1 Å². The maximum absolute atomic E-state index is 12.7. The van der Waals surface area contributed by atoms with Crippen molar-refractivity contribution in [2.75, 3.05) is 25.5 Å². The van der Waals surface area contributed by atoms with Gasteiger partial charge in [0.05, 0.1) is 31.6 Å². The number of aryl methyl sites for hydroxylation is 1. The molecule has 3 rings (SSSR count). The molecule has 1 aliphatic heterocycles. The van der Waals surface area contributed by atoms with Crippen LogP contribution in [0.3, 0.4) is 0 Å². The van der Waals surface area contributed by atoms with Crippen molar-refractivity contribution < 1.29 is 14.6 Å². The summed E-state index contributed by atoms with van der Waals surface area (Å²) >= 11 is 0. The zero-order chi connectivity index (χ0) is 17.3. The Labute approximate surface area is 140 Å². The predicted octanol–water partition coefficient (Wildman–Crippen LogP) is 0.891. The summed E-state index contributed by atoms with van der Waals surface area (Å²) in [5.41, 5.74) is 8.30. The molecule has 2 aromatic rings. The highest BCUT2D eigenvalue weighted by Gasteiger charge is 2.34. The van der Waals surface area contributed by atoms with E-state index in [-0.39, 0.29) is 18.6 Å². The molecule has 1 aromatic heterocycles. The lowest BCUT2D eigenvalue weighted by atomic mass is 10.0. The topological polar surface area (TPSA) is 93.6 Å². The Kier molecular flexibility index (Phi) is 4.55. The van der Waals surface area contributed by atoms with Gasteiger partial charge in [0.1, 0.15) is 5.82 Å². The fourth-order valence-corrected chi connectivity index (χ4v) is 2.99. The number of hydrogen-bond donors (Lipinski definition) is 2. The van der Waals surface area contributed by atoms with E-state index in [1.165, 1.54) is 0 Å². The van der Waals surface area contributed by atoms with Crippen molar-refractivity contribution in [1.29, 1.82) is 0 Å². The molecule has 2 heterocycles. The molecule has 0 radical (unpaired) electrons. The van der Waals surface area contributed by atoms with E-state index in [4.69, 9.17) is 10.5 Å². The number of carbonyl (C=O) groups excluding carboxylic acids is 1. The molecule has 7 nitrogen and oxygen atoms in total. The van der Waals surface area contributed by atoms with Gasteiger partial charge >= 0.3 is 0 Å². The molecule has 7 heteroatoms.